The number of hydrogen-bond donors (Lipinski definition) is 1. The Hall–Kier alpha value is -1.18. The maximum absolute atomic E-state index is 8.70. The molecule has 0 unspecified atom stereocenters. The van der Waals surface area contributed by atoms with Gasteiger partial charge in [0.25, 0.3) is 0 Å². The Balaban J connectivity index is 1.72. The van der Waals surface area contributed by atoms with Crippen LogP contribution in [0.1, 0.15) is 5.56 Å². The zero-order valence-electron chi connectivity index (χ0n) is 9.85. The molecule has 1 aliphatic heterocycles. The number of nitriles is 1. The molecule has 0 aromatic heterocycles. The van der Waals surface area contributed by atoms with Crippen LogP contribution in [0.3, 0.4) is 0 Å². The lowest BCUT2D eigenvalue weighted by Crippen LogP contribution is -2.36. The van der Waals surface area contributed by atoms with Crippen molar-refractivity contribution in [2.45, 2.75) is 0 Å². The minimum atomic E-state index is 0.712. The lowest BCUT2D eigenvalue weighted by molar-refractivity contribution is 0.314. The lowest BCUT2D eigenvalue weighted by Gasteiger charge is -2.26. The zero-order valence-corrected chi connectivity index (χ0v) is 10.7. The molecule has 4 heteroatoms. The van der Waals surface area contributed by atoms with E-state index in [0.717, 1.165) is 18.8 Å². The van der Waals surface area contributed by atoms with Crippen LogP contribution in [-0.4, -0.2) is 42.6 Å². The molecule has 1 saturated heterocycles. The van der Waals surface area contributed by atoms with Crippen LogP contribution < -0.4 is 5.32 Å². The van der Waals surface area contributed by atoms with Gasteiger partial charge in [-0.2, -0.15) is 17.0 Å². The van der Waals surface area contributed by atoms with Crippen LogP contribution in [-0.2, 0) is 0 Å². The van der Waals surface area contributed by atoms with E-state index in [1.165, 1.54) is 24.6 Å². The predicted octanol–water partition coefficient (Wildman–Crippen LogP) is 2.02. The maximum atomic E-state index is 8.70. The molecule has 0 bridgehead atoms. The molecule has 1 N–H and O–H groups in total. The molecule has 0 aliphatic carbocycles. The molecule has 0 spiro atoms. The second kappa shape index (κ2) is 6.53. The number of nitrogens with zero attached hydrogens (tertiary/aromatic N) is 2. The molecular weight excluding hydrogens is 230 g/mol. The molecule has 1 heterocycles. The van der Waals surface area contributed by atoms with Crippen molar-refractivity contribution in [3.8, 4) is 6.07 Å². The van der Waals surface area contributed by atoms with Gasteiger partial charge in [0, 0.05) is 43.4 Å². The summed E-state index contributed by atoms with van der Waals surface area (Å²) in [5.74, 6) is 2.52. The molecule has 0 radical (unpaired) electrons. The average Bonchev–Trinajstić information content (AvgIpc) is 2.41. The first-order valence-corrected chi connectivity index (χ1v) is 7.08. The molecule has 0 saturated carbocycles. The highest BCUT2D eigenvalue weighted by molar-refractivity contribution is 7.99. The summed E-state index contributed by atoms with van der Waals surface area (Å²) < 4.78 is 0. The highest BCUT2D eigenvalue weighted by Crippen LogP contribution is 2.10. The SMILES string of the molecule is N#Cc1ccc(NCCN2CCSCC2)cc1. The number of anilines is 1. The van der Waals surface area contributed by atoms with E-state index in [1.54, 1.807) is 0 Å². The predicted molar refractivity (Wildman–Crippen MR) is 73.4 cm³/mol. The van der Waals surface area contributed by atoms with E-state index in [0.29, 0.717) is 5.56 Å². The first-order chi connectivity index (χ1) is 8.38. The highest BCUT2D eigenvalue weighted by atomic mass is 32.2. The van der Waals surface area contributed by atoms with Crippen molar-refractivity contribution in [3.63, 3.8) is 0 Å². The number of thioether (sulfide) groups is 1. The Bertz CT molecular complexity index is 377. The van der Waals surface area contributed by atoms with E-state index in [2.05, 4.69) is 16.3 Å². The normalized spacial score (nSPS) is 16.4. The van der Waals surface area contributed by atoms with Crippen molar-refractivity contribution in [3.05, 3.63) is 29.8 Å². The average molecular weight is 247 g/mol. The maximum Gasteiger partial charge on any atom is 0.0991 e. The Kier molecular flexibility index (Phi) is 4.72. The van der Waals surface area contributed by atoms with Gasteiger partial charge in [0.15, 0.2) is 0 Å². The van der Waals surface area contributed by atoms with Crippen LogP contribution in [0.4, 0.5) is 5.69 Å². The van der Waals surface area contributed by atoms with Gasteiger partial charge in [0.05, 0.1) is 11.6 Å². The standard InChI is InChI=1S/C13H17N3S/c14-11-12-1-3-13(4-2-12)15-5-6-16-7-9-17-10-8-16/h1-4,15H,5-10H2. The van der Waals surface area contributed by atoms with E-state index in [1.807, 2.05) is 36.0 Å². The van der Waals surface area contributed by atoms with Crippen molar-refractivity contribution >= 4 is 17.4 Å². The molecule has 1 aromatic rings. The summed E-state index contributed by atoms with van der Waals surface area (Å²) in [4.78, 5) is 2.49. The van der Waals surface area contributed by atoms with Crippen molar-refractivity contribution in [2.75, 3.05) is 43.0 Å². The van der Waals surface area contributed by atoms with E-state index in [4.69, 9.17) is 5.26 Å². The Morgan fingerprint density at radius 1 is 1.24 bits per heavy atom. The summed E-state index contributed by atoms with van der Waals surface area (Å²) in [7, 11) is 0. The van der Waals surface area contributed by atoms with Gasteiger partial charge in [-0.15, -0.1) is 0 Å². The molecular formula is C13H17N3S. The number of benzene rings is 1. The molecule has 0 atom stereocenters. The summed E-state index contributed by atoms with van der Waals surface area (Å²) in [6.45, 7) is 4.48. The molecule has 17 heavy (non-hydrogen) atoms. The van der Waals surface area contributed by atoms with Crippen LogP contribution in [0.5, 0.6) is 0 Å². The van der Waals surface area contributed by atoms with Gasteiger partial charge < -0.3 is 5.32 Å². The minimum Gasteiger partial charge on any atom is -0.384 e. The third-order valence-electron chi connectivity index (χ3n) is 2.87. The first-order valence-electron chi connectivity index (χ1n) is 5.92. The summed E-state index contributed by atoms with van der Waals surface area (Å²) in [6, 6.07) is 9.74. The quantitative estimate of drug-likeness (QED) is 0.883. The molecule has 90 valence electrons. The van der Waals surface area contributed by atoms with Gasteiger partial charge in [-0.1, -0.05) is 0 Å². The van der Waals surface area contributed by atoms with Crippen LogP contribution >= 0.6 is 11.8 Å². The fourth-order valence-corrected chi connectivity index (χ4v) is 2.82. The van der Waals surface area contributed by atoms with Gasteiger partial charge >= 0.3 is 0 Å². The van der Waals surface area contributed by atoms with Gasteiger partial charge in [0.1, 0.15) is 0 Å². The number of hydrogen-bond acceptors (Lipinski definition) is 4. The summed E-state index contributed by atoms with van der Waals surface area (Å²) >= 11 is 2.04. The Morgan fingerprint density at radius 2 is 1.94 bits per heavy atom. The number of nitrogens with one attached hydrogen (secondary N) is 1. The van der Waals surface area contributed by atoms with E-state index in [9.17, 15) is 0 Å². The fraction of sp³-hybridized carbons (Fsp3) is 0.462. The minimum absolute atomic E-state index is 0.712. The Morgan fingerprint density at radius 3 is 2.59 bits per heavy atom. The largest absolute Gasteiger partial charge is 0.384 e. The summed E-state index contributed by atoms with van der Waals surface area (Å²) in [6.07, 6.45) is 0. The van der Waals surface area contributed by atoms with Crippen molar-refractivity contribution < 1.29 is 0 Å². The van der Waals surface area contributed by atoms with Gasteiger partial charge in [-0.3, -0.25) is 4.90 Å². The van der Waals surface area contributed by atoms with E-state index in [-0.39, 0.29) is 0 Å². The second-order valence-electron chi connectivity index (χ2n) is 4.07. The first kappa shape index (κ1) is 12.3. The van der Waals surface area contributed by atoms with Gasteiger partial charge in [0.2, 0.25) is 0 Å². The van der Waals surface area contributed by atoms with Crippen LogP contribution in [0.15, 0.2) is 24.3 Å². The molecule has 1 aliphatic rings. The molecule has 1 fully saturated rings. The van der Waals surface area contributed by atoms with E-state index >= 15 is 0 Å². The van der Waals surface area contributed by atoms with Crippen molar-refractivity contribution in [1.29, 1.82) is 5.26 Å². The Labute approximate surface area is 107 Å². The third kappa shape index (κ3) is 3.95. The third-order valence-corrected chi connectivity index (χ3v) is 3.82. The lowest BCUT2D eigenvalue weighted by atomic mass is 10.2. The van der Waals surface area contributed by atoms with Crippen LogP contribution in [0, 0.1) is 11.3 Å². The monoisotopic (exact) mass is 247 g/mol. The summed E-state index contributed by atoms with van der Waals surface area (Å²) in [5, 5.41) is 12.1. The number of rotatable bonds is 4. The van der Waals surface area contributed by atoms with Gasteiger partial charge in [-0.25, -0.2) is 0 Å². The van der Waals surface area contributed by atoms with Crippen LogP contribution in [0.25, 0.3) is 0 Å². The van der Waals surface area contributed by atoms with Gasteiger partial charge in [-0.05, 0) is 24.3 Å². The molecule has 2 rings (SSSR count). The highest BCUT2D eigenvalue weighted by Gasteiger charge is 2.08. The van der Waals surface area contributed by atoms with Crippen LogP contribution in [0.2, 0.25) is 0 Å². The smallest absolute Gasteiger partial charge is 0.0991 e. The second-order valence-corrected chi connectivity index (χ2v) is 5.29. The summed E-state index contributed by atoms with van der Waals surface area (Å²) in [5.41, 5.74) is 1.80. The molecule has 3 nitrogen and oxygen atoms in total. The van der Waals surface area contributed by atoms with Crippen molar-refractivity contribution in [2.24, 2.45) is 0 Å². The zero-order chi connectivity index (χ0) is 11.9. The molecule has 0 amide bonds. The fourth-order valence-electron chi connectivity index (χ4n) is 1.85. The van der Waals surface area contributed by atoms with E-state index < -0.39 is 0 Å². The van der Waals surface area contributed by atoms with Crippen molar-refractivity contribution in [1.82, 2.24) is 4.90 Å². The molecule has 1 aromatic carbocycles. The topological polar surface area (TPSA) is 39.1 Å².